The van der Waals surface area contributed by atoms with Crippen LogP contribution in [0, 0.1) is 0 Å². The van der Waals surface area contributed by atoms with Gasteiger partial charge < -0.3 is 29.1 Å². The minimum Gasteiger partial charge on any atom is -0.497 e. The lowest BCUT2D eigenvalue weighted by Crippen LogP contribution is -2.35. The van der Waals surface area contributed by atoms with Gasteiger partial charge in [-0.2, -0.15) is 23.0 Å². The first-order chi connectivity index (χ1) is 19.5. The number of nitrogens with zero attached hydrogens (tertiary/aromatic N) is 4. The van der Waals surface area contributed by atoms with Crippen molar-refractivity contribution >= 4 is 17.3 Å². The Balaban J connectivity index is 1.79. The number of halogens is 3. The molecular weight excluding hydrogens is 545 g/mol. The van der Waals surface area contributed by atoms with E-state index in [4.69, 9.17) is 14.2 Å². The van der Waals surface area contributed by atoms with Gasteiger partial charge in [0.25, 0.3) is 5.56 Å². The van der Waals surface area contributed by atoms with Crippen molar-refractivity contribution in [2.75, 3.05) is 57.3 Å². The van der Waals surface area contributed by atoms with E-state index >= 15 is 0 Å². The van der Waals surface area contributed by atoms with E-state index in [1.54, 1.807) is 23.1 Å². The number of hydrogen-bond acceptors (Lipinski definition) is 9. The van der Waals surface area contributed by atoms with Crippen LogP contribution in [0.3, 0.4) is 0 Å². The summed E-state index contributed by atoms with van der Waals surface area (Å²) in [5, 5.41) is 14.5. The highest BCUT2D eigenvalue weighted by molar-refractivity contribution is 5.80. The van der Waals surface area contributed by atoms with Gasteiger partial charge in [-0.3, -0.25) is 9.59 Å². The second-order valence-electron chi connectivity index (χ2n) is 9.83. The molecule has 1 atom stereocenters. The van der Waals surface area contributed by atoms with Crippen LogP contribution in [-0.2, 0) is 22.1 Å². The Morgan fingerprint density at radius 2 is 1.78 bits per heavy atom. The Bertz CT molecular complexity index is 1520. The number of fused-ring (bicyclic) bond motifs is 1. The van der Waals surface area contributed by atoms with Gasteiger partial charge >= 0.3 is 12.1 Å². The number of ether oxygens (including phenoxy) is 3. The van der Waals surface area contributed by atoms with E-state index in [1.165, 1.54) is 38.4 Å². The van der Waals surface area contributed by atoms with Crippen LogP contribution in [0.25, 0.3) is 16.9 Å². The molecule has 2 aliphatic heterocycles. The molecule has 218 valence electrons. The molecule has 0 aliphatic carbocycles. The quantitative estimate of drug-likeness (QED) is 0.426. The first-order valence-corrected chi connectivity index (χ1v) is 12.9. The van der Waals surface area contributed by atoms with Gasteiger partial charge in [0.1, 0.15) is 23.7 Å². The molecule has 1 saturated heterocycles. The molecule has 0 spiro atoms. The summed E-state index contributed by atoms with van der Waals surface area (Å²) in [5.74, 6) is 0.237. The average Bonchev–Trinajstić information content (AvgIpc) is 3.58. The molecular formula is C28H29F3N4O6. The molecule has 13 heteroatoms. The van der Waals surface area contributed by atoms with Crippen LogP contribution in [0.4, 0.5) is 24.5 Å². The van der Waals surface area contributed by atoms with Crippen LogP contribution < -0.4 is 24.8 Å². The minimum absolute atomic E-state index is 0.0670. The van der Waals surface area contributed by atoms with Crippen molar-refractivity contribution in [3.63, 3.8) is 0 Å². The summed E-state index contributed by atoms with van der Waals surface area (Å²) in [6, 6.07) is 8.43. The molecule has 1 N–H and O–H groups in total. The van der Waals surface area contributed by atoms with Crippen LogP contribution in [0.2, 0.25) is 0 Å². The van der Waals surface area contributed by atoms with Crippen LogP contribution in [0.15, 0.2) is 41.2 Å². The van der Waals surface area contributed by atoms with Crippen LogP contribution in [-0.4, -0.2) is 74.5 Å². The highest BCUT2D eigenvalue weighted by Gasteiger charge is 2.37. The minimum atomic E-state index is -4.80. The molecule has 2 aromatic carbocycles. The smallest absolute Gasteiger partial charge is 0.418 e. The van der Waals surface area contributed by atoms with Crippen molar-refractivity contribution in [1.29, 1.82) is 0 Å². The van der Waals surface area contributed by atoms with Gasteiger partial charge in [-0.1, -0.05) is 0 Å². The molecule has 0 radical (unpaired) electrons. The third-order valence-corrected chi connectivity index (χ3v) is 7.33. The predicted molar refractivity (Wildman–Crippen MR) is 144 cm³/mol. The summed E-state index contributed by atoms with van der Waals surface area (Å²) in [7, 11) is 4.14. The van der Waals surface area contributed by atoms with Crippen molar-refractivity contribution in [3.8, 4) is 28.4 Å². The van der Waals surface area contributed by atoms with E-state index in [0.29, 0.717) is 47.7 Å². The third kappa shape index (κ3) is 5.41. The molecule has 1 fully saturated rings. The Morgan fingerprint density at radius 1 is 1.07 bits per heavy atom. The van der Waals surface area contributed by atoms with Gasteiger partial charge in [0.2, 0.25) is 0 Å². The monoisotopic (exact) mass is 574 g/mol. The van der Waals surface area contributed by atoms with Gasteiger partial charge in [-0.05, 0) is 43.2 Å². The molecule has 0 bridgehead atoms. The number of carbonyl (C=O) groups excluding carboxylic acids is 1. The van der Waals surface area contributed by atoms with Crippen molar-refractivity contribution in [3.05, 3.63) is 57.9 Å². The number of carbonyl (C=O) groups is 1. The van der Waals surface area contributed by atoms with E-state index < -0.39 is 35.1 Å². The molecule has 3 heterocycles. The zero-order valence-electron chi connectivity index (χ0n) is 22.7. The van der Waals surface area contributed by atoms with E-state index in [0.717, 1.165) is 10.7 Å². The lowest BCUT2D eigenvalue weighted by molar-refractivity contribution is -0.139. The number of aliphatic hydroxyl groups excluding tert-OH is 1. The van der Waals surface area contributed by atoms with Gasteiger partial charge in [-0.15, -0.1) is 0 Å². The Morgan fingerprint density at radius 3 is 2.37 bits per heavy atom. The summed E-state index contributed by atoms with van der Waals surface area (Å²) in [6.45, 7) is 0.693. The van der Waals surface area contributed by atoms with Crippen LogP contribution in [0.5, 0.6) is 11.5 Å². The third-order valence-electron chi connectivity index (χ3n) is 7.33. The van der Waals surface area contributed by atoms with Crippen molar-refractivity contribution < 1.29 is 37.3 Å². The molecule has 10 nitrogen and oxygen atoms in total. The van der Waals surface area contributed by atoms with Crippen LogP contribution >= 0.6 is 0 Å². The second kappa shape index (κ2) is 11.0. The summed E-state index contributed by atoms with van der Waals surface area (Å²) < 4.78 is 59.3. The fraction of sp³-hybridized carbons (Fsp3) is 0.393. The standard InChI is InChI=1S/C28H29F3N4O6/c1-39-19-10-16(11-20(13-19)40-2)25-21-7-9-34(15-24(37)41-3)26(21)27(38)35(32-25)23-12-17(33-8-6-18(36)14-33)4-5-22(23)28(29,30)31/h4-5,10-13,18,36H,6-9,14-15H2,1-3H3/t18-/m0/s1. The summed E-state index contributed by atoms with van der Waals surface area (Å²) in [6.07, 6.45) is -4.62. The molecule has 0 unspecified atom stereocenters. The molecule has 41 heavy (non-hydrogen) atoms. The maximum absolute atomic E-state index is 14.3. The van der Waals surface area contributed by atoms with Crippen molar-refractivity contribution in [1.82, 2.24) is 9.78 Å². The highest BCUT2D eigenvalue weighted by Crippen LogP contribution is 2.39. The number of methoxy groups -OCH3 is 3. The fourth-order valence-corrected chi connectivity index (χ4v) is 5.29. The van der Waals surface area contributed by atoms with Gasteiger partial charge in [-0.25, -0.2) is 0 Å². The number of aromatic nitrogens is 2. The number of aliphatic hydroxyl groups is 1. The Labute approximate surface area is 233 Å². The maximum atomic E-state index is 14.3. The predicted octanol–water partition coefficient (Wildman–Crippen LogP) is 3.04. The first-order valence-electron chi connectivity index (χ1n) is 12.9. The van der Waals surface area contributed by atoms with Gasteiger partial charge in [0, 0.05) is 42.5 Å². The average molecular weight is 575 g/mol. The highest BCUT2D eigenvalue weighted by atomic mass is 19.4. The Hall–Kier alpha value is -4.26. The molecule has 5 rings (SSSR count). The number of anilines is 2. The number of β-amino-alcohol motifs (C(OH)–C–C–N with tert-alkyl or cyclic N) is 1. The van der Waals surface area contributed by atoms with Crippen molar-refractivity contribution in [2.24, 2.45) is 0 Å². The lowest BCUT2D eigenvalue weighted by atomic mass is 10.0. The number of hydrogen-bond donors (Lipinski definition) is 1. The summed E-state index contributed by atoms with van der Waals surface area (Å²) in [4.78, 5) is 29.4. The largest absolute Gasteiger partial charge is 0.497 e. The number of benzene rings is 2. The van der Waals surface area contributed by atoms with E-state index in [-0.39, 0.29) is 31.0 Å². The van der Waals surface area contributed by atoms with Crippen molar-refractivity contribution in [2.45, 2.75) is 25.1 Å². The topological polar surface area (TPSA) is 106 Å². The molecule has 1 aromatic heterocycles. The number of alkyl halides is 3. The molecule has 3 aromatic rings. The van der Waals surface area contributed by atoms with E-state index in [9.17, 15) is 27.9 Å². The van der Waals surface area contributed by atoms with E-state index in [1.807, 2.05) is 0 Å². The van der Waals surface area contributed by atoms with Gasteiger partial charge in [0.15, 0.2) is 0 Å². The zero-order chi connectivity index (χ0) is 29.5. The first kappa shape index (κ1) is 28.3. The number of esters is 1. The zero-order valence-corrected chi connectivity index (χ0v) is 22.7. The molecule has 0 saturated carbocycles. The summed E-state index contributed by atoms with van der Waals surface area (Å²) in [5.41, 5.74) is -0.653. The van der Waals surface area contributed by atoms with E-state index in [2.05, 4.69) is 5.10 Å². The summed E-state index contributed by atoms with van der Waals surface area (Å²) >= 11 is 0. The molecule has 2 aliphatic rings. The normalized spacial score (nSPS) is 16.6. The fourth-order valence-electron chi connectivity index (χ4n) is 5.29. The lowest BCUT2D eigenvalue weighted by Gasteiger charge is -2.23. The Kier molecular flexibility index (Phi) is 7.56. The van der Waals surface area contributed by atoms with Gasteiger partial charge in [0.05, 0.1) is 44.4 Å². The second-order valence-corrected chi connectivity index (χ2v) is 9.83. The SMILES string of the molecule is COC(=O)CN1CCc2c(-c3cc(OC)cc(OC)c3)nn(-c3cc(N4CC[C@H](O)C4)ccc3C(F)(F)F)c(=O)c21. The maximum Gasteiger partial charge on any atom is 0.418 e. The molecule has 0 amide bonds. The number of rotatable bonds is 7. The van der Waals surface area contributed by atoms with Crippen LogP contribution in [0.1, 0.15) is 17.5 Å².